The summed E-state index contributed by atoms with van der Waals surface area (Å²) in [6.07, 6.45) is 1.80. The first-order chi connectivity index (χ1) is 22.7. The fourth-order valence-corrected chi connectivity index (χ4v) is 7.85. The third kappa shape index (κ3) is 5.72. The highest BCUT2D eigenvalue weighted by molar-refractivity contribution is 6.36. The van der Waals surface area contributed by atoms with Crippen LogP contribution in [-0.2, 0) is 14.3 Å². The van der Waals surface area contributed by atoms with Crippen LogP contribution >= 0.6 is 23.2 Å². The van der Waals surface area contributed by atoms with Gasteiger partial charge in [-0.15, -0.1) is 0 Å². The number of nitrogens with zero attached hydrogens (tertiary/aromatic N) is 1. The molecule has 1 aliphatic heterocycles. The van der Waals surface area contributed by atoms with E-state index >= 15 is 0 Å². The summed E-state index contributed by atoms with van der Waals surface area (Å²) in [5, 5.41) is 0.531. The maximum absolute atomic E-state index is 13.6. The van der Waals surface area contributed by atoms with Gasteiger partial charge < -0.3 is 9.47 Å². The zero-order valence-electron chi connectivity index (χ0n) is 24.8. The molecule has 3 fully saturated rings. The minimum Gasteiger partial charge on any atom is -0.454 e. The molecule has 4 aromatic carbocycles. The number of carbonyl (C=O) groups is 5. The number of hydrogen-bond acceptors (Lipinski definition) is 7. The highest BCUT2D eigenvalue weighted by atomic mass is 35.5. The van der Waals surface area contributed by atoms with Gasteiger partial charge in [-0.25, -0.2) is 9.59 Å². The Morgan fingerprint density at radius 3 is 2.13 bits per heavy atom. The highest BCUT2D eigenvalue weighted by Crippen LogP contribution is 2.61. The van der Waals surface area contributed by atoms with Crippen LogP contribution in [0.25, 0.3) is 0 Å². The number of imide groups is 1. The lowest BCUT2D eigenvalue weighted by Gasteiger charge is -2.28. The standard InChI is InChI=1S/C37H27Cl2NO7/c38-24-10-15-27(30(39)18-24)37(45)47-26-13-8-21(9-14-26)31(41)19-46-36(44)22-6-11-25(12-7-22)40-34(42)32-23-16-28(20-4-2-1-3-5-20)29(17-23)33(32)35(40)43/h1-15,18,23,28-29,32-33H,16-17,19H2/t23-,28+,29+,32+,33-/m0/s1. The number of benzene rings is 4. The monoisotopic (exact) mass is 667 g/mol. The van der Waals surface area contributed by atoms with Gasteiger partial charge in [0, 0.05) is 10.6 Å². The Morgan fingerprint density at radius 1 is 0.745 bits per heavy atom. The Kier molecular flexibility index (Phi) is 8.16. The molecule has 8 nitrogen and oxygen atoms in total. The summed E-state index contributed by atoms with van der Waals surface area (Å²) >= 11 is 11.9. The summed E-state index contributed by atoms with van der Waals surface area (Å²) in [4.78, 5) is 66.2. The molecule has 0 radical (unpaired) electrons. The van der Waals surface area contributed by atoms with Crippen molar-refractivity contribution in [1.82, 2.24) is 0 Å². The largest absolute Gasteiger partial charge is 0.454 e. The fraction of sp³-hybridized carbons (Fsp3) is 0.216. The zero-order chi connectivity index (χ0) is 32.8. The number of hydrogen-bond donors (Lipinski definition) is 0. The molecule has 2 aliphatic carbocycles. The molecule has 0 N–H and O–H groups in total. The Balaban J connectivity index is 0.946. The van der Waals surface area contributed by atoms with Gasteiger partial charge in [0.25, 0.3) is 0 Å². The van der Waals surface area contributed by atoms with E-state index in [9.17, 15) is 24.0 Å². The molecule has 0 unspecified atom stereocenters. The summed E-state index contributed by atoms with van der Waals surface area (Å²) < 4.78 is 10.6. The van der Waals surface area contributed by atoms with Gasteiger partial charge in [-0.05, 0) is 103 Å². The summed E-state index contributed by atoms with van der Waals surface area (Å²) in [6.45, 7) is -0.516. The average molecular weight is 669 g/mol. The van der Waals surface area contributed by atoms with Gasteiger partial charge >= 0.3 is 11.9 Å². The molecular formula is C37H27Cl2NO7. The molecule has 47 heavy (non-hydrogen) atoms. The molecular weight excluding hydrogens is 641 g/mol. The maximum atomic E-state index is 13.6. The minimum atomic E-state index is -0.727. The smallest absolute Gasteiger partial charge is 0.345 e. The Bertz CT molecular complexity index is 1910. The van der Waals surface area contributed by atoms with E-state index in [1.807, 2.05) is 18.2 Å². The normalized spacial score (nSPS) is 22.7. The Hall–Kier alpha value is -4.79. The van der Waals surface area contributed by atoms with E-state index in [4.69, 9.17) is 32.7 Å². The van der Waals surface area contributed by atoms with Gasteiger partial charge in [0.2, 0.25) is 11.8 Å². The van der Waals surface area contributed by atoms with Gasteiger partial charge in [-0.3, -0.25) is 19.3 Å². The maximum Gasteiger partial charge on any atom is 0.345 e. The second kappa shape index (κ2) is 12.4. The van der Waals surface area contributed by atoms with E-state index in [1.165, 1.54) is 65.1 Å². The van der Waals surface area contributed by atoms with Gasteiger partial charge in [0.05, 0.1) is 33.7 Å². The lowest BCUT2D eigenvalue weighted by molar-refractivity contribution is -0.123. The van der Waals surface area contributed by atoms with Crippen LogP contribution in [0.4, 0.5) is 5.69 Å². The van der Waals surface area contributed by atoms with Gasteiger partial charge in [0.15, 0.2) is 12.4 Å². The van der Waals surface area contributed by atoms with Crippen LogP contribution in [0.3, 0.4) is 0 Å². The van der Waals surface area contributed by atoms with Crippen molar-refractivity contribution in [2.75, 3.05) is 11.5 Å². The summed E-state index contributed by atoms with van der Waals surface area (Å²) in [5.41, 5.74) is 2.20. The van der Waals surface area contributed by atoms with Crippen molar-refractivity contribution >= 4 is 58.4 Å². The lowest BCUT2D eigenvalue weighted by Crippen LogP contribution is -2.33. The molecule has 2 amide bonds. The molecule has 7 rings (SSSR count). The molecule has 236 valence electrons. The molecule has 1 heterocycles. The molecule has 1 saturated heterocycles. The van der Waals surface area contributed by atoms with Crippen LogP contribution in [0.15, 0.2) is 97.1 Å². The first kappa shape index (κ1) is 30.8. The predicted molar refractivity (Wildman–Crippen MR) is 174 cm³/mol. The number of anilines is 1. The van der Waals surface area contributed by atoms with Crippen molar-refractivity contribution in [3.63, 3.8) is 0 Å². The number of rotatable bonds is 8. The topological polar surface area (TPSA) is 107 Å². The molecule has 0 aromatic heterocycles. The summed E-state index contributed by atoms with van der Waals surface area (Å²) in [5.74, 6) is -2.06. The van der Waals surface area contributed by atoms with Crippen LogP contribution < -0.4 is 9.64 Å². The van der Waals surface area contributed by atoms with Crippen LogP contribution in [0.2, 0.25) is 10.0 Å². The Labute approximate surface area is 280 Å². The van der Waals surface area contributed by atoms with Crippen molar-refractivity contribution in [2.24, 2.45) is 23.7 Å². The summed E-state index contributed by atoms with van der Waals surface area (Å²) in [6, 6.07) is 26.5. The van der Waals surface area contributed by atoms with Gasteiger partial charge in [-0.2, -0.15) is 0 Å². The predicted octanol–water partition coefficient (Wildman–Crippen LogP) is 7.18. The number of ether oxygens (including phenoxy) is 2. The first-order valence-corrected chi connectivity index (χ1v) is 16.0. The van der Waals surface area contributed by atoms with Crippen molar-refractivity contribution in [3.8, 4) is 5.75 Å². The van der Waals surface area contributed by atoms with E-state index in [0.717, 1.165) is 12.8 Å². The fourth-order valence-electron chi connectivity index (χ4n) is 7.37. The molecule has 4 aromatic rings. The molecule has 0 spiro atoms. The lowest BCUT2D eigenvalue weighted by atomic mass is 9.73. The molecule has 10 heteroatoms. The third-order valence-electron chi connectivity index (χ3n) is 9.48. The first-order valence-electron chi connectivity index (χ1n) is 15.2. The van der Waals surface area contributed by atoms with E-state index in [-0.39, 0.29) is 68.9 Å². The van der Waals surface area contributed by atoms with Crippen molar-refractivity contribution in [1.29, 1.82) is 0 Å². The molecule has 2 bridgehead atoms. The summed E-state index contributed by atoms with van der Waals surface area (Å²) in [7, 11) is 0. The SMILES string of the molecule is O=C(COC(=O)c1ccc(N2C(=O)[C@@H]3[C@@H]4C[C@@H]([C@@H]3C2=O)[C@@H](c2ccccc2)C4)cc1)c1ccc(OC(=O)c2ccc(Cl)cc2Cl)cc1. The van der Waals surface area contributed by atoms with E-state index in [2.05, 4.69) is 12.1 Å². The van der Waals surface area contributed by atoms with Gasteiger partial charge in [0.1, 0.15) is 5.75 Å². The quantitative estimate of drug-likeness (QED) is 0.0848. The third-order valence-corrected chi connectivity index (χ3v) is 10.0. The van der Waals surface area contributed by atoms with E-state index in [1.54, 1.807) is 12.1 Å². The Morgan fingerprint density at radius 2 is 1.43 bits per heavy atom. The number of esters is 2. The van der Waals surface area contributed by atoms with Gasteiger partial charge in [-0.1, -0.05) is 53.5 Å². The number of carbonyl (C=O) groups excluding carboxylic acids is 5. The van der Waals surface area contributed by atoms with Crippen LogP contribution in [0.5, 0.6) is 5.75 Å². The van der Waals surface area contributed by atoms with E-state index in [0.29, 0.717) is 10.7 Å². The van der Waals surface area contributed by atoms with Crippen molar-refractivity contribution < 1.29 is 33.4 Å². The zero-order valence-corrected chi connectivity index (χ0v) is 26.3. The molecule has 5 atom stereocenters. The second-order valence-electron chi connectivity index (χ2n) is 12.1. The number of fused-ring (bicyclic) bond motifs is 5. The number of halogens is 2. The van der Waals surface area contributed by atoms with Crippen LogP contribution in [0.1, 0.15) is 55.4 Å². The number of amides is 2. The number of Topliss-reactive ketones (excluding diaryl/α,β-unsaturated/α-hetero) is 1. The van der Waals surface area contributed by atoms with Crippen molar-refractivity contribution in [2.45, 2.75) is 18.8 Å². The second-order valence-corrected chi connectivity index (χ2v) is 12.9. The van der Waals surface area contributed by atoms with Crippen LogP contribution in [-0.4, -0.2) is 36.1 Å². The highest BCUT2D eigenvalue weighted by Gasteiger charge is 2.64. The van der Waals surface area contributed by atoms with Crippen molar-refractivity contribution in [3.05, 3.63) is 129 Å². The average Bonchev–Trinajstić information content (AvgIpc) is 3.75. The molecule has 3 aliphatic rings. The number of ketones is 1. The van der Waals surface area contributed by atoms with Crippen LogP contribution in [0, 0.1) is 23.7 Å². The van der Waals surface area contributed by atoms with E-state index < -0.39 is 24.3 Å². The molecule has 2 saturated carbocycles. The minimum absolute atomic E-state index is 0.139.